The van der Waals surface area contributed by atoms with Gasteiger partial charge in [-0.05, 0) is 146 Å². The van der Waals surface area contributed by atoms with Crippen LogP contribution in [0.4, 0.5) is 20.1 Å². The summed E-state index contributed by atoms with van der Waals surface area (Å²) in [6.07, 6.45) is -4.15. The normalized spacial score (nSPS) is 12.7. The molecule has 0 heterocycles. The molecule has 0 radical (unpaired) electrons. The number of rotatable bonds is 13. The fraction of sp³-hybridized carbons (Fsp3) is 0.543. The van der Waals surface area contributed by atoms with Gasteiger partial charge in [-0.25, -0.2) is 29.0 Å². The molecule has 0 bridgehead atoms. The van der Waals surface area contributed by atoms with Crippen molar-refractivity contribution in [3.63, 3.8) is 0 Å². The minimum atomic E-state index is -1.62. The van der Waals surface area contributed by atoms with Gasteiger partial charge >= 0.3 is 42.2 Å². The highest BCUT2D eigenvalue weighted by atomic mass is 16.6. The number of amides is 4. The summed E-state index contributed by atoms with van der Waals surface area (Å²) < 4.78 is 37.4. The molecule has 2 aromatic rings. The predicted molar refractivity (Wildman–Crippen MR) is 239 cm³/mol. The van der Waals surface area contributed by atoms with Crippen LogP contribution in [0.5, 0.6) is 5.75 Å². The van der Waals surface area contributed by atoms with Crippen LogP contribution in [0.3, 0.4) is 0 Å². The van der Waals surface area contributed by atoms with Crippen molar-refractivity contribution in [1.82, 2.24) is 21.3 Å². The molecule has 4 amide bonds. The van der Waals surface area contributed by atoms with Crippen molar-refractivity contribution in [2.75, 3.05) is 0 Å². The first-order valence-electron chi connectivity index (χ1n) is 20.9. The smallest absolute Gasteiger partial charge is 0.414 e. The Morgan fingerprint density at radius 2 is 0.955 bits per heavy atom. The zero-order valence-electron chi connectivity index (χ0n) is 40.5. The third-order valence-corrected chi connectivity index (χ3v) is 7.28. The van der Waals surface area contributed by atoms with Crippen molar-refractivity contribution in [2.24, 2.45) is 4.99 Å². The first kappa shape index (κ1) is 55.4. The number of alkyl carbamates (subject to hydrolysis) is 3. The first-order chi connectivity index (χ1) is 30.0. The molecular weight excluding hydrogens is 863 g/mol. The summed E-state index contributed by atoms with van der Waals surface area (Å²) in [4.78, 5) is 107. The summed E-state index contributed by atoms with van der Waals surface area (Å²) >= 11 is 0. The highest BCUT2D eigenvalue weighted by molar-refractivity contribution is 6.02. The number of benzene rings is 2. The molecule has 0 fully saturated rings. The van der Waals surface area contributed by atoms with Gasteiger partial charge in [-0.3, -0.25) is 25.0 Å². The maximum absolute atomic E-state index is 13.6. The Labute approximate surface area is 385 Å². The minimum absolute atomic E-state index is 0.131. The molecule has 4 N–H and O–H groups in total. The highest BCUT2D eigenvalue weighted by Crippen LogP contribution is 2.19. The molecule has 66 heavy (non-hydrogen) atoms. The average molecular weight is 928 g/mol. The second-order valence-electron chi connectivity index (χ2n) is 19.7. The van der Waals surface area contributed by atoms with Crippen LogP contribution >= 0.6 is 0 Å². The van der Waals surface area contributed by atoms with E-state index in [2.05, 4.69) is 26.3 Å². The van der Waals surface area contributed by atoms with E-state index >= 15 is 0 Å². The molecule has 0 saturated carbocycles. The second-order valence-corrected chi connectivity index (χ2v) is 19.7. The van der Waals surface area contributed by atoms with Crippen LogP contribution in [-0.2, 0) is 54.2 Å². The van der Waals surface area contributed by atoms with Gasteiger partial charge in [0.25, 0.3) is 0 Å². The summed E-state index contributed by atoms with van der Waals surface area (Å²) in [6, 6.07) is 8.47. The molecular formula is C46H65N5O15. The number of ether oxygens (including phenoxy) is 7. The highest BCUT2D eigenvalue weighted by Gasteiger charge is 2.35. The molecule has 364 valence electrons. The Hall–Kier alpha value is -6.73. The van der Waals surface area contributed by atoms with Gasteiger partial charge in [0.1, 0.15) is 52.4 Å². The lowest BCUT2D eigenvalue weighted by Gasteiger charge is -2.27. The first-order valence-corrected chi connectivity index (χ1v) is 20.9. The van der Waals surface area contributed by atoms with E-state index in [9.17, 15) is 38.4 Å². The zero-order valence-corrected chi connectivity index (χ0v) is 40.5. The van der Waals surface area contributed by atoms with Crippen LogP contribution in [0.25, 0.3) is 0 Å². The molecule has 0 saturated heterocycles. The van der Waals surface area contributed by atoms with E-state index in [1.807, 2.05) is 0 Å². The molecule has 0 aliphatic rings. The molecule has 2 aromatic carbocycles. The topological polar surface area (TPSA) is 262 Å². The van der Waals surface area contributed by atoms with Gasteiger partial charge in [-0.1, -0.05) is 12.1 Å². The number of guanidine groups is 1. The summed E-state index contributed by atoms with van der Waals surface area (Å²) in [5.41, 5.74) is -3.69. The Bertz CT molecular complexity index is 2050. The maximum Gasteiger partial charge on any atom is 0.414 e. The van der Waals surface area contributed by atoms with Crippen LogP contribution in [0.15, 0.2) is 53.5 Å². The van der Waals surface area contributed by atoms with E-state index in [1.165, 1.54) is 48.5 Å². The van der Waals surface area contributed by atoms with E-state index in [0.717, 1.165) is 0 Å². The second kappa shape index (κ2) is 22.9. The molecule has 0 aromatic heterocycles. The number of hydrogen-bond donors (Lipinski definition) is 4. The van der Waals surface area contributed by atoms with E-state index in [-0.39, 0.29) is 29.6 Å². The van der Waals surface area contributed by atoms with Crippen LogP contribution in [0.1, 0.15) is 133 Å². The number of aliphatic imine (C=N–C) groups is 1. The number of nitrogens with zero attached hydrogens (tertiary/aromatic N) is 1. The van der Waals surface area contributed by atoms with E-state index < -0.39 is 101 Å². The van der Waals surface area contributed by atoms with E-state index in [4.69, 9.17) is 33.2 Å². The summed E-state index contributed by atoms with van der Waals surface area (Å²) in [5.74, 6) is -4.51. The Balaban J connectivity index is 2.16. The monoisotopic (exact) mass is 927 g/mol. The molecule has 2 rings (SSSR count). The van der Waals surface area contributed by atoms with Gasteiger partial charge in [0, 0.05) is 0 Å². The number of carbonyl (C=O) groups excluding carboxylic acids is 8. The Morgan fingerprint density at radius 3 is 1.39 bits per heavy atom. The number of esters is 4. The van der Waals surface area contributed by atoms with Gasteiger partial charge in [0.05, 0.1) is 24.1 Å². The number of carbonyl (C=O) groups is 8. The van der Waals surface area contributed by atoms with Gasteiger partial charge in [0.2, 0.25) is 11.9 Å². The molecule has 0 aliphatic carbocycles. The average Bonchev–Trinajstić information content (AvgIpc) is 3.10. The summed E-state index contributed by atoms with van der Waals surface area (Å²) in [6.45, 7) is 24.2. The van der Waals surface area contributed by atoms with Crippen LogP contribution in [0.2, 0.25) is 0 Å². The van der Waals surface area contributed by atoms with Crippen molar-refractivity contribution in [3.8, 4) is 5.75 Å². The van der Waals surface area contributed by atoms with Crippen molar-refractivity contribution < 1.29 is 71.5 Å². The number of hydrogen-bond acceptors (Lipinski definition) is 16. The number of nitrogens with one attached hydrogen (secondary N) is 4. The molecule has 0 aliphatic heterocycles. The summed E-state index contributed by atoms with van der Waals surface area (Å²) in [7, 11) is 0. The van der Waals surface area contributed by atoms with Gasteiger partial charge in [0.15, 0.2) is 0 Å². The van der Waals surface area contributed by atoms with Gasteiger partial charge in [-0.2, -0.15) is 0 Å². The van der Waals surface area contributed by atoms with Crippen molar-refractivity contribution in [3.05, 3.63) is 59.7 Å². The van der Waals surface area contributed by atoms with Crippen molar-refractivity contribution in [2.45, 2.75) is 163 Å². The molecule has 2 atom stereocenters. The predicted octanol–water partition coefficient (Wildman–Crippen LogP) is 6.83. The molecule has 0 spiro atoms. The van der Waals surface area contributed by atoms with E-state index in [0.29, 0.717) is 5.56 Å². The minimum Gasteiger partial charge on any atom is -0.460 e. The van der Waals surface area contributed by atoms with Crippen molar-refractivity contribution in [1.29, 1.82) is 0 Å². The fourth-order valence-electron chi connectivity index (χ4n) is 4.99. The third kappa shape index (κ3) is 23.8. The standard InChI is InChI=1S/C46H65N5O15/c1-42(2,3)62-33(52)24-31(35(54)48-32(37(56)64-44(7,8)9)25-34(53)63-43(4,5)6)49-39(57)60-26-27-16-22-30(23-17-27)61-36(55)28-18-20-29(21-19-28)47-38(50-40(58)65-45(10,11)12)51-41(59)66-46(13,14)15/h16-23,31-32H,24-26H2,1-15H3,(H,48,54)(H,49,57)(H2,47,50,51,58,59)/t31?,32-/m0/s1. The molecule has 20 heteroatoms. The van der Waals surface area contributed by atoms with E-state index in [1.54, 1.807) is 104 Å². The van der Waals surface area contributed by atoms with Gasteiger partial charge in [-0.15, -0.1) is 0 Å². The van der Waals surface area contributed by atoms with Crippen LogP contribution in [0, 0.1) is 0 Å². The lowest BCUT2D eigenvalue weighted by atomic mass is 10.1. The maximum atomic E-state index is 13.6. The van der Waals surface area contributed by atoms with Gasteiger partial charge < -0.3 is 43.8 Å². The third-order valence-electron chi connectivity index (χ3n) is 7.28. The Morgan fingerprint density at radius 1 is 0.515 bits per heavy atom. The zero-order chi connectivity index (χ0) is 50.4. The fourth-order valence-corrected chi connectivity index (χ4v) is 4.99. The lowest BCUT2D eigenvalue weighted by Crippen LogP contribution is -2.54. The summed E-state index contributed by atoms with van der Waals surface area (Å²) in [5, 5.41) is 9.47. The van der Waals surface area contributed by atoms with Crippen molar-refractivity contribution >= 4 is 59.7 Å². The quantitative estimate of drug-likeness (QED) is 0.0528. The SMILES string of the molecule is CC(C)(C)OC(=O)CC(NC(=O)OCc1ccc(OC(=O)c2ccc(N=C(NC(=O)OC(C)(C)C)NC(=O)OC(C)(C)C)cc2)cc1)C(=O)N[C@@H](CC(=O)OC(C)(C)C)C(=O)OC(C)(C)C. The largest absolute Gasteiger partial charge is 0.460 e. The molecule has 20 nitrogen and oxygen atoms in total. The molecule has 1 unspecified atom stereocenters. The Kier molecular flexibility index (Phi) is 19.3. The van der Waals surface area contributed by atoms with Crippen LogP contribution in [-0.4, -0.2) is 94.1 Å². The lowest BCUT2D eigenvalue weighted by molar-refractivity contribution is -0.165. The van der Waals surface area contributed by atoms with Crippen LogP contribution < -0.4 is 26.0 Å².